The van der Waals surface area contributed by atoms with Gasteiger partial charge in [0.2, 0.25) is 5.91 Å². The molecule has 1 N–H and O–H groups in total. The molecule has 1 amide bonds. The number of nitrogens with one attached hydrogen (secondary N) is 1. The molecule has 18 heavy (non-hydrogen) atoms. The summed E-state index contributed by atoms with van der Waals surface area (Å²) in [6.45, 7) is 4.60. The predicted octanol–water partition coefficient (Wildman–Crippen LogP) is 2.28. The molecule has 1 aromatic heterocycles. The van der Waals surface area contributed by atoms with Gasteiger partial charge in [-0.1, -0.05) is 12.5 Å². The highest BCUT2D eigenvalue weighted by Crippen LogP contribution is 2.15. The fourth-order valence-corrected chi connectivity index (χ4v) is 3.12. The van der Waals surface area contributed by atoms with E-state index in [1.165, 1.54) is 24.1 Å². The second-order valence-electron chi connectivity index (χ2n) is 4.99. The van der Waals surface area contributed by atoms with Crippen LogP contribution in [0.15, 0.2) is 17.5 Å². The number of likely N-dealkylation sites (tertiary alicyclic amines) is 1. The first kappa shape index (κ1) is 13.6. The van der Waals surface area contributed by atoms with Gasteiger partial charge in [0.15, 0.2) is 0 Å². The molecular weight excluding hydrogens is 244 g/mol. The van der Waals surface area contributed by atoms with Crippen molar-refractivity contribution < 1.29 is 4.79 Å². The van der Waals surface area contributed by atoms with Crippen molar-refractivity contribution in [1.82, 2.24) is 10.2 Å². The maximum atomic E-state index is 11.8. The van der Waals surface area contributed by atoms with Gasteiger partial charge in [0, 0.05) is 17.5 Å². The fourth-order valence-electron chi connectivity index (χ4n) is 2.41. The smallest absolute Gasteiger partial charge is 0.234 e. The van der Waals surface area contributed by atoms with E-state index in [-0.39, 0.29) is 5.91 Å². The van der Waals surface area contributed by atoms with Gasteiger partial charge in [-0.2, -0.15) is 0 Å². The van der Waals surface area contributed by atoms with Crippen molar-refractivity contribution in [2.24, 2.45) is 0 Å². The van der Waals surface area contributed by atoms with E-state index in [0.717, 1.165) is 19.5 Å². The Bertz CT molecular complexity index is 364. The summed E-state index contributed by atoms with van der Waals surface area (Å²) in [4.78, 5) is 15.5. The molecule has 0 radical (unpaired) electrons. The van der Waals surface area contributed by atoms with E-state index in [1.807, 2.05) is 0 Å². The molecule has 0 spiro atoms. The molecule has 0 bridgehead atoms. The van der Waals surface area contributed by atoms with Crippen LogP contribution in [0.5, 0.6) is 0 Å². The number of amides is 1. The van der Waals surface area contributed by atoms with Gasteiger partial charge in [-0.05, 0) is 44.2 Å². The molecule has 0 aliphatic carbocycles. The molecule has 1 saturated heterocycles. The maximum absolute atomic E-state index is 11.8. The molecule has 1 fully saturated rings. The average Bonchev–Trinajstić information content (AvgIpc) is 2.85. The summed E-state index contributed by atoms with van der Waals surface area (Å²) < 4.78 is 0. The van der Waals surface area contributed by atoms with E-state index >= 15 is 0 Å². The summed E-state index contributed by atoms with van der Waals surface area (Å²) in [6.07, 6.45) is 4.70. The van der Waals surface area contributed by atoms with Crippen LogP contribution in [0, 0.1) is 0 Å². The SMILES string of the molecule is C[C@@H]1CCCCN1CC(=O)NCCc1cccs1. The topological polar surface area (TPSA) is 32.3 Å². The molecule has 1 aliphatic rings. The van der Waals surface area contributed by atoms with Crippen LogP contribution in [-0.4, -0.2) is 36.5 Å². The molecule has 100 valence electrons. The Morgan fingerprint density at radius 3 is 3.17 bits per heavy atom. The number of carbonyl (C=O) groups excluding carboxylic acids is 1. The van der Waals surface area contributed by atoms with Crippen molar-refractivity contribution >= 4 is 17.2 Å². The Kier molecular flexibility index (Phi) is 5.20. The van der Waals surface area contributed by atoms with Crippen LogP contribution in [0.2, 0.25) is 0 Å². The van der Waals surface area contributed by atoms with Crippen molar-refractivity contribution in [1.29, 1.82) is 0 Å². The monoisotopic (exact) mass is 266 g/mol. The first-order chi connectivity index (χ1) is 8.75. The Morgan fingerprint density at radius 2 is 2.44 bits per heavy atom. The molecule has 2 heterocycles. The molecule has 0 unspecified atom stereocenters. The molecule has 1 atom stereocenters. The summed E-state index contributed by atoms with van der Waals surface area (Å²) in [5, 5.41) is 5.09. The van der Waals surface area contributed by atoms with Crippen LogP contribution >= 0.6 is 11.3 Å². The zero-order valence-corrected chi connectivity index (χ0v) is 11.8. The lowest BCUT2D eigenvalue weighted by molar-refractivity contribution is -0.123. The van der Waals surface area contributed by atoms with Gasteiger partial charge in [0.25, 0.3) is 0 Å². The first-order valence-electron chi connectivity index (χ1n) is 6.79. The molecule has 0 saturated carbocycles. The van der Waals surface area contributed by atoms with E-state index in [1.54, 1.807) is 11.3 Å². The number of hydrogen-bond acceptors (Lipinski definition) is 3. The molecule has 4 heteroatoms. The number of thiophene rings is 1. The molecule has 3 nitrogen and oxygen atoms in total. The fraction of sp³-hybridized carbons (Fsp3) is 0.643. The number of carbonyl (C=O) groups is 1. The average molecular weight is 266 g/mol. The van der Waals surface area contributed by atoms with Gasteiger partial charge in [0.05, 0.1) is 6.54 Å². The number of piperidine rings is 1. The van der Waals surface area contributed by atoms with Gasteiger partial charge in [-0.15, -0.1) is 11.3 Å². The van der Waals surface area contributed by atoms with Crippen molar-refractivity contribution in [2.75, 3.05) is 19.6 Å². The minimum Gasteiger partial charge on any atom is -0.355 e. The molecular formula is C14H22N2OS. The summed E-state index contributed by atoms with van der Waals surface area (Å²) in [5.41, 5.74) is 0. The van der Waals surface area contributed by atoms with Crippen LogP contribution in [-0.2, 0) is 11.2 Å². The number of nitrogens with zero attached hydrogens (tertiary/aromatic N) is 1. The Hall–Kier alpha value is -0.870. The van der Waals surface area contributed by atoms with Crippen molar-refractivity contribution in [3.8, 4) is 0 Å². The third-order valence-electron chi connectivity index (χ3n) is 3.56. The number of rotatable bonds is 5. The van der Waals surface area contributed by atoms with E-state index in [2.05, 4.69) is 34.7 Å². The zero-order valence-electron chi connectivity index (χ0n) is 11.0. The van der Waals surface area contributed by atoms with Crippen LogP contribution in [0.3, 0.4) is 0 Å². The second kappa shape index (κ2) is 6.90. The van der Waals surface area contributed by atoms with Gasteiger partial charge >= 0.3 is 0 Å². The van der Waals surface area contributed by atoms with E-state index in [4.69, 9.17) is 0 Å². The lowest BCUT2D eigenvalue weighted by Gasteiger charge is -2.32. The van der Waals surface area contributed by atoms with Crippen molar-refractivity contribution in [2.45, 2.75) is 38.6 Å². The third kappa shape index (κ3) is 4.10. The van der Waals surface area contributed by atoms with E-state index in [9.17, 15) is 4.79 Å². The van der Waals surface area contributed by atoms with E-state index in [0.29, 0.717) is 12.6 Å². The lowest BCUT2D eigenvalue weighted by atomic mass is 10.0. The zero-order chi connectivity index (χ0) is 12.8. The summed E-state index contributed by atoms with van der Waals surface area (Å²) in [5.74, 6) is 0.167. The Labute approximate surface area is 113 Å². The van der Waals surface area contributed by atoms with Crippen molar-refractivity contribution in [3.63, 3.8) is 0 Å². The normalized spacial score (nSPS) is 20.8. The molecule has 2 rings (SSSR count). The van der Waals surface area contributed by atoms with E-state index < -0.39 is 0 Å². The second-order valence-corrected chi connectivity index (χ2v) is 6.03. The Morgan fingerprint density at radius 1 is 1.56 bits per heavy atom. The van der Waals surface area contributed by atoms with Crippen LogP contribution in [0.25, 0.3) is 0 Å². The maximum Gasteiger partial charge on any atom is 0.234 e. The molecule has 0 aromatic carbocycles. The van der Waals surface area contributed by atoms with Gasteiger partial charge < -0.3 is 5.32 Å². The minimum atomic E-state index is 0.167. The third-order valence-corrected chi connectivity index (χ3v) is 4.50. The highest BCUT2D eigenvalue weighted by atomic mass is 32.1. The first-order valence-corrected chi connectivity index (χ1v) is 7.67. The largest absolute Gasteiger partial charge is 0.355 e. The minimum absolute atomic E-state index is 0.167. The highest BCUT2D eigenvalue weighted by molar-refractivity contribution is 7.09. The highest BCUT2D eigenvalue weighted by Gasteiger charge is 2.20. The molecule has 1 aliphatic heterocycles. The molecule has 1 aromatic rings. The van der Waals surface area contributed by atoms with Crippen molar-refractivity contribution in [3.05, 3.63) is 22.4 Å². The van der Waals surface area contributed by atoms with Gasteiger partial charge in [0.1, 0.15) is 0 Å². The Balaban J connectivity index is 1.65. The van der Waals surface area contributed by atoms with Crippen LogP contribution in [0.1, 0.15) is 31.1 Å². The van der Waals surface area contributed by atoms with Crippen LogP contribution in [0.4, 0.5) is 0 Å². The number of hydrogen-bond donors (Lipinski definition) is 1. The predicted molar refractivity (Wildman–Crippen MR) is 75.9 cm³/mol. The summed E-state index contributed by atoms with van der Waals surface area (Å²) in [7, 11) is 0. The quantitative estimate of drug-likeness (QED) is 0.887. The van der Waals surface area contributed by atoms with Gasteiger partial charge in [-0.3, -0.25) is 9.69 Å². The summed E-state index contributed by atoms with van der Waals surface area (Å²) in [6, 6.07) is 4.72. The van der Waals surface area contributed by atoms with Crippen LogP contribution < -0.4 is 5.32 Å². The standard InChI is InChI=1S/C14H22N2OS/c1-12-5-2-3-9-16(12)11-14(17)15-8-7-13-6-4-10-18-13/h4,6,10,12H,2-3,5,7-9,11H2,1H3,(H,15,17)/t12-/m1/s1. The van der Waals surface area contributed by atoms with Gasteiger partial charge in [-0.25, -0.2) is 0 Å². The summed E-state index contributed by atoms with van der Waals surface area (Å²) >= 11 is 1.75. The lowest BCUT2D eigenvalue weighted by Crippen LogP contribution is -2.44.